The lowest BCUT2D eigenvalue weighted by molar-refractivity contribution is 0.0859. The molecule has 3 unspecified atom stereocenters. The summed E-state index contributed by atoms with van der Waals surface area (Å²) in [5.41, 5.74) is 0.776. The van der Waals surface area contributed by atoms with Crippen LogP contribution in [0.15, 0.2) is 18.2 Å². The molecule has 5 nitrogen and oxygen atoms in total. The summed E-state index contributed by atoms with van der Waals surface area (Å²) >= 11 is 0. The van der Waals surface area contributed by atoms with Gasteiger partial charge in [-0.2, -0.15) is 0 Å². The van der Waals surface area contributed by atoms with Crippen LogP contribution in [0.1, 0.15) is 38.3 Å². The Morgan fingerprint density at radius 3 is 2.82 bits per heavy atom. The number of rotatable bonds is 5. The van der Waals surface area contributed by atoms with Crippen molar-refractivity contribution in [1.29, 1.82) is 0 Å². The standard InChI is InChI=1S/C16H23FN2O3/c1-10(12-6-7-13(17)15(9-12)21-3)18-16(20)19-11(2)14-5-4-8-22-14/h6-7,9-11,14H,4-5,8H2,1-3H3,(H2,18,19,20). The smallest absolute Gasteiger partial charge is 0.315 e. The molecule has 1 aliphatic rings. The summed E-state index contributed by atoms with van der Waals surface area (Å²) in [6, 6.07) is 3.98. The van der Waals surface area contributed by atoms with E-state index in [2.05, 4.69) is 10.6 Å². The number of methoxy groups -OCH3 is 1. The molecule has 122 valence electrons. The zero-order valence-electron chi connectivity index (χ0n) is 13.2. The number of carbonyl (C=O) groups is 1. The third kappa shape index (κ3) is 4.10. The average molecular weight is 310 g/mol. The summed E-state index contributed by atoms with van der Waals surface area (Å²) < 4.78 is 23.9. The highest BCUT2D eigenvalue weighted by atomic mass is 19.1. The lowest BCUT2D eigenvalue weighted by Gasteiger charge is -2.22. The number of ether oxygens (including phenoxy) is 2. The summed E-state index contributed by atoms with van der Waals surface area (Å²) in [4.78, 5) is 12.0. The Hall–Kier alpha value is -1.82. The molecule has 2 amide bonds. The minimum atomic E-state index is -0.421. The zero-order valence-corrected chi connectivity index (χ0v) is 13.2. The number of nitrogens with one attached hydrogen (secondary N) is 2. The van der Waals surface area contributed by atoms with Crippen molar-refractivity contribution >= 4 is 6.03 Å². The SMILES string of the molecule is COc1cc(C(C)NC(=O)NC(C)C2CCCO2)ccc1F. The molecule has 0 bridgehead atoms. The first-order valence-electron chi connectivity index (χ1n) is 7.53. The Bertz CT molecular complexity index is 518. The number of benzene rings is 1. The molecule has 1 aromatic rings. The summed E-state index contributed by atoms with van der Waals surface area (Å²) in [5.74, 6) is -0.255. The fourth-order valence-corrected chi connectivity index (χ4v) is 2.56. The zero-order chi connectivity index (χ0) is 16.1. The van der Waals surface area contributed by atoms with Gasteiger partial charge >= 0.3 is 6.03 Å². The number of carbonyl (C=O) groups excluding carboxylic acids is 1. The van der Waals surface area contributed by atoms with Crippen molar-refractivity contribution < 1.29 is 18.7 Å². The number of halogens is 1. The maximum atomic E-state index is 13.4. The Morgan fingerprint density at radius 2 is 2.18 bits per heavy atom. The molecule has 0 spiro atoms. The van der Waals surface area contributed by atoms with E-state index in [0.29, 0.717) is 0 Å². The third-order valence-electron chi connectivity index (χ3n) is 3.90. The highest BCUT2D eigenvalue weighted by Gasteiger charge is 2.24. The molecule has 0 aliphatic carbocycles. The minimum absolute atomic E-state index is 0.0440. The van der Waals surface area contributed by atoms with Gasteiger partial charge in [0.1, 0.15) is 0 Å². The van der Waals surface area contributed by atoms with E-state index in [1.165, 1.54) is 13.2 Å². The summed E-state index contributed by atoms with van der Waals surface area (Å²) in [6.45, 7) is 4.52. The van der Waals surface area contributed by atoms with Gasteiger partial charge in [-0.05, 0) is 44.4 Å². The summed E-state index contributed by atoms with van der Waals surface area (Å²) in [6.07, 6.45) is 2.07. The van der Waals surface area contributed by atoms with Gasteiger partial charge in [0.25, 0.3) is 0 Å². The quantitative estimate of drug-likeness (QED) is 0.879. The lowest BCUT2D eigenvalue weighted by atomic mass is 10.1. The maximum Gasteiger partial charge on any atom is 0.315 e. The van der Waals surface area contributed by atoms with Crippen LogP contribution in [-0.4, -0.2) is 31.9 Å². The van der Waals surface area contributed by atoms with Gasteiger partial charge in [-0.15, -0.1) is 0 Å². The van der Waals surface area contributed by atoms with E-state index in [0.717, 1.165) is 25.0 Å². The van der Waals surface area contributed by atoms with Crippen LogP contribution in [0.4, 0.5) is 9.18 Å². The second-order valence-corrected chi connectivity index (χ2v) is 5.57. The minimum Gasteiger partial charge on any atom is -0.494 e. The van der Waals surface area contributed by atoms with Crippen LogP contribution in [0.25, 0.3) is 0 Å². The van der Waals surface area contributed by atoms with Gasteiger partial charge in [0.2, 0.25) is 0 Å². The predicted molar refractivity (Wildman–Crippen MR) is 81.5 cm³/mol. The van der Waals surface area contributed by atoms with Crippen LogP contribution >= 0.6 is 0 Å². The van der Waals surface area contributed by atoms with Crippen molar-refractivity contribution in [3.05, 3.63) is 29.6 Å². The molecule has 2 rings (SSSR count). The Labute approximate surface area is 130 Å². The second-order valence-electron chi connectivity index (χ2n) is 5.57. The van der Waals surface area contributed by atoms with Crippen molar-refractivity contribution in [2.45, 2.75) is 44.9 Å². The molecule has 1 aliphatic heterocycles. The molecular weight excluding hydrogens is 287 g/mol. The van der Waals surface area contributed by atoms with Crippen molar-refractivity contribution in [3.8, 4) is 5.75 Å². The maximum absolute atomic E-state index is 13.4. The molecule has 6 heteroatoms. The fourth-order valence-electron chi connectivity index (χ4n) is 2.56. The van der Waals surface area contributed by atoms with E-state index < -0.39 is 5.82 Å². The molecule has 22 heavy (non-hydrogen) atoms. The van der Waals surface area contributed by atoms with Gasteiger partial charge in [-0.3, -0.25) is 0 Å². The van der Waals surface area contributed by atoms with Crippen LogP contribution in [0.3, 0.4) is 0 Å². The normalized spacial score (nSPS) is 20.3. The van der Waals surface area contributed by atoms with E-state index in [1.54, 1.807) is 12.1 Å². The molecule has 2 N–H and O–H groups in total. The number of hydrogen-bond acceptors (Lipinski definition) is 3. The third-order valence-corrected chi connectivity index (χ3v) is 3.90. The summed E-state index contributed by atoms with van der Waals surface area (Å²) in [7, 11) is 1.41. The molecule has 1 heterocycles. The molecular formula is C16H23FN2O3. The first-order valence-corrected chi connectivity index (χ1v) is 7.53. The Balaban J connectivity index is 1.90. The topological polar surface area (TPSA) is 59.6 Å². The monoisotopic (exact) mass is 310 g/mol. The number of hydrogen-bond donors (Lipinski definition) is 2. The van der Waals surface area contributed by atoms with Crippen LogP contribution in [0, 0.1) is 5.82 Å². The van der Waals surface area contributed by atoms with Crippen LogP contribution in [0.5, 0.6) is 5.75 Å². The number of amides is 2. The van der Waals surface area contributed by atoms with Crippen molar-refractivity contribution in [3.63, 3.8) is 0 Å². The molecule has 0 saturated carbocycles. The van der Waals surface area contributed by atoms with Crippen molar-refractivity contribution in [2.75, 3.05) is 13.7 Å². The highest BCUT2D eigenvalue weighted by Crippen LogP contribution is 2.22. The molecule has 1 fully saturated rings. The molecule has 0 radical (unpaired) electrons. The first-order chi connectivity index (χ1) is 10.5. The second kappa shape index (κ2) is 7.45. The van der Waals surface area contributed by atoms with Crippen LogP contribution in [-0.2, 0) is 4.74 Å². The Kier molecular flexibility index (Phi) is 5.60. The van der Waals surface area contributed by atoms with Gasteiger partial charge in [0.05, 0.1) is 25.3 Å². The fraction of sp³-hybridized carbons (Fsp3) is 0.562. The molecule has 1 aromatic carbocycles. The van der Waals surface area contributed by atoms with Gasteiger partial charge in [0.15, 0.2) is 11.6 Å². The van der Waals surface area contributed by atoms with Gasteiger partial charge in [-0.25, -0.2) is 9.18 Å². The summed E-state index contributed by atoms with van der Waals surface area (Å²) in [5, 5.41) is 5.72. The van der Waals surface area contributed by atoms with Gasteiger partial charge in [0, 0.05) is 6.61 Å². The van der Waals surface area contributed by atoms with E-state index in [1.807, 2.05) is 13.8 Å². The highest BCUT2D eigenvalue weighted by molar-refractivity contribution is 5.74. The molecule has 1 saturated heterocycles. The van der Waals surface area contributed by atoms with Crippen molar-refractivity contribution in [1.82, 2.24) is 10.6 Å². The first kappa shape index (κ1) is 16.5. The lowest BCUT2D eigenvalue weighted by Crippen LogP contribution is -2.46. The van der Waals surface area contributed by atoms with Crippen LogP contribution < -0.4 is 15.4 Å². The number of urea groups is 1. The van der Waals surface area contributed by atoms with Gasteiger partial charge in [-0.1, -0.05) is 6.07 Å². The van der Waals surface area contributed by atoms with E-state index >= 15 is 0 Å². The predicted octanol–water partition coefficient (Wildman–Crippen LogP) is 2.76. The largest absolute Gasteiger partial charge is 0.494 e. The van der Waals surface area contributed by atoms with E-state index in [4.69, 9.17) is 9.47 Å². The molecule has 0 aromatic heterocycles. The van der Waals surface area contributed by atoms with Crippen molar-refractivity contribution in [2.24, 2.45) is 0 Å². The van der Waals surface area contributed by atoms with Crippen LogP contribution in [0.2, 0.25) is 0 Å². The van der Waals surface area contributed by atoms with E-state index in [9.17, 15) is 9.18 Å². The van der Waals surface area contributed by atoms with E-state index in [-0.39, 0.29) is 30.0 Å². The Morgan fingerprint density at radius 1 is 1.41 bits per heavy atom. The molecule has 3 atom stereocenters. The van der Waals surface area contributed by atoms with Gasteiger partial charge < -0.3 is 20.1 Å². The average Bonchev–Trinajstić information content (AvgIpc) is 3.01.